The molecule has 0 aromatic carbocycles. The number of hydrogen-bond acceptors (Lipinski definition) is 4. The predicted octanol–water partition coefficient (Wildman–Crippen LogP) is 0.317. The number of likely N-dealkylation sites (tertiary alicyclic amines) is 1. The van der Waals surface area contributed by atoms with E-state index >= 15 is 0 Å². The fourth-order valence-corrected chi connectivity index (χ4v) is 2.12. The Morgan fingerprint density at radius 3 is 2.84 bits per heavy atom. The molecule has 7 nitrogen and oxygen atoms in total. The van der Waals surface area contributed by atoms with Gasteiger partial charge in [-0.25, -0.2) is 9.59 Å². The molecule has 1 aromatic rings. The summed E-state index contributed by atoms with van der Waals surface area (Å²) in [6.45, 7) is 2.01. The number of hydrogen-bond donors (Lipinski definition) is 3. The van der Waals surface area contributed by atoms with Crippen LogP contribution in [-0.2, 0) is 11.3 Å². The first-order valence-corrected chi connectivity index (χ1v) is 5.98. The minimum absolute atomic E-state index is 0.0278. The summed E-state index contributed by atoms with van der Waals surface area (Å²) in [5.41, 5.74) is 0. The Bertz CT molecular complexity index is 484. The number of aryl methyl sites for hydroxylation is 1. The molecule has 2 rings (SSSR count). The van der Waals surface area contributed by atoms with Crippen LogP contribution < -0.4 is 5.32 Å². The number of furan rings is 1. The maximum Gasteiger partial charge on any atom is 0.326 e. The molecule has 0 radical (unpaired) electrons. The lowest BCUT2D eigenvalue weighted by molar-refractivity contribution is -0.141. The van der Waals surface area contributed by atoms with Crippen molar-refractivity contribution in [3.8, 4) is 0 Å². The predicted molar refractivity (Wildman–Crippen MR) is 64.4 cm³/mol. The number of nitrogens with zero attached hydrogens (tertiary/aromatic N) is 1. The van der Waals surface area contributed by atoms with Crippen LogP contribution in [0.1, 0.15) is 17.9 Å². The van der Waals surface area contributed by atoms with Crippen molar-refractivity contribution in [3.63, 3.8) is 0 Å². The number of urea groups is 1. The third kappa shape index (κ3) is 3.05. The van der Waals surface area contributed by atoms with Crippen LogP contribution in [-0.4, -0.2) is 45.8 Å². The van der Waals surface area contributed by atoms with E-state index in [1.54, 1.807) is 19.1 Å². The zero-order valence-electron chi connectivity index (χ0n) is 10.5. The van der Waals surface area contributed by atoms with E-state index in [1.165, 1.54) is 0 Å². The molecule has 19 heavy (non-hydrogen) atoms. The molecule has 1 fully saturated rings. The number of rotatable bonds is 3. The third-order valence-corrected chi connectivity index (χ3v) is 3.03. The largest absolute Gasteiger partial charge is 0.480 e. The summed E-state index contributed by atoms with van der Waals surface area (Å²) in [7, 11) is 0. The first-order valence-electron chi connectivity index (χ1n) is 5.98. The van der Waals surface area contributed by atoms with Crippen molar-refractivity contribution >= 4 is 12.0 Å². The number of carbonyl (C=O) groups excluding carboxylic acids is 1. The number of aliphatic carboxylic acids is 1. The molecular weight excluding hydrogens is 252 g/mol. The van der Waals surface area contributed by atoms with Crippen LogP contribution in [0.3, 0.4) is 0 Å². The topological polar surface area (TPSA) is 103 Å². The summed E-state index contributed by atoms with van der Waals surface area (Å²) in [6.07, 6.45) is -0.736. The van der Waals surface area contributed by atoms with Crippen molar-refractivity contribution in [2.24, 2.45) is 0 Å². The maximum absolute atomic E-state index is 11.9. The van der Waals surface area contributed by atoms with Gasteiger partial charge in [-0.05, 0) is 19.1 Å². The number of carboxylic acids is 1. The summed E-state index contributed by atoms with van der Waals surface area (Å²) in [6, 6.07) is 2.02. The minimum atomic E-state index is -1.11. The molecule has 1 aromatic heterocycles. The first kappa shape index (κ1) is 13.4. The van der Waals surface area contributed by atoms with Gasteiger partial charge in [-0.15, -0.1) is 0 Å². The normalized spacial score (nSPS) is 22.5. The molecule has 2 amide bonds. The second-order valence-electron chi connectivity index (χ2n) is 4.57. The number of aliphatic hydroxyl groups is 1. The SMILES string of the molecule is Cc1ccc(CNC(=O)N2C[C@H](O)C[C@@H]2C(=O)O)o1. The van der Waals surface area contributed by atoms with Crippen LogP contribution in [0.25, 0.3) is 0 Å². The van der Waals surface area contributed by atoms with Gasteiger partial charge in [0.05, 0.1) is 12.6 Å². The van der Waals surface area contributed by atoms with Gasteiger partial charge in [0.25, 0.3) is 0 Å². The summed E-state index contributed by atoms with van der Waals surface area (Å²) in [5, 5.41) is 21.0. The van der Waals surface area contributed by atoms with Crippen LogP contribution in [0.15, 0.2) is 16.5 Å². The molecule has 7 heteroatoms. The molecule has 3 N–H and O–H groups in total. The second-order valence-corrected chi connectivity index (χ2v) is 4.57. The lowest BCUT2D eigenvalue weighted by atomic mass is 10.2. The Morgan fingerprint density at radius 2 is 2.26 bits per heavy atom. The number of aliphatic hydroxyl groups excluding tert-OH is 1. The monoisotopic (exact) mass is 268 g/mol. The highest BCUT2D eigenvalue weighted by Gasteiger charge is 2.38. The van der Waals surface area contributed by atoms with Crippen LogP contribution in [0.4, 0.5) is 4.79 Å². The van der Waals surface area contributed by atoms with Crippen molar-refractivity contribution in [1.82, 2.24) is 10.2 Å². The first-order chi connectivity index (χ1) is 8.97. The average molecular weight is 268 g/mol. The second kappa shape index (κ2) is 5.31. The van der Waals surface area contributed by atoms with E-state index in [0.717, 1.165) is 10.7 Å². The van der Waals surface area contributed by atoms with E-state index in [2.05, 4.69) is 5.32 Å². The van der Waals surface area contributed by atoms with Crippen molar-refractivity contribution in [2.75, 3.05) is 6.54 Å². The van der Waals surface area contributed by atoms with Crippen LogP contribution in [0.2, 0.25) is 0 Å². The highest BCUT2D eigenvalue weighted by atomic mass is 16.4. The van der Waals surface area contributed by atoms with Crippen LogP contribution in [0.5, 0.6) is 0 Å². The van der Waals surface area contributed by atoms with Crippen molar-refractivity contribution in [2.45, 2.75) is 32.0 Å². The van der Waals surface area contributed by atoms with E-state index in [0.29, 0.717) is 5.76 Å². The summed E-state index contributed by atoms with van der Waals surface area (Å²) < 4.78 is 5.29. The highest BCUT2D eigenvalue weighted by Crippen LogP contribution is 2.18. The van der Waals surface area contributed by atoms with E-state index in [1.807, 2.05) is 0 Å². The van der Waals surface area contributed by atoms with Crippen LogP contribution >= 0.6 is 0 Å². The van der Waals surface area contributed by atoms with Gasteiger partial charge < -0.3 is 24.8 Å². The Balaban J connectivity index is 1.93. The van der Waals surface area contributed by atoms with E-state index in [-0.39, 0.29) is 19.5 Å². The van der Waals surface area contributed by atoms with Crippen molar-refractivity contribution in [3.05, 3.63) is 23.7 Å². The Hall–Kier alpha value is -2.02. The zero-order valence-corrected chi connectivity index (χ0v) is 10.5. The standard InChI is InChI=1S/C12H16N2O5/c1-7-2-3-9(19-7)5-13-12(18)14-6-8(15)4-10(14)11(16)17/h2-3,8,10,15H,4-6H2,1H3,(H,13,18)(H,16,17)/t8-,10-/m1/s1. The van der Waals surface area contributed by atoms with Crippen molar-refractivity contribution < 1.29 is 24.2 Å². The third-order valence-electron chi connectivity index (χ3n) is 3.03. The molecule has 0 spiro atoms. The molecule has 2 heterocycles. The van der Waals surface area contributed by atoms with Gasteiger partial charge in [0, 0.05) is 13.0 Å². The van der Waals surface area contributed by atoms with E-state index in [9.17, 15) is 14.7 Å². The zero-order chi connectivity index (χ0) is 14.0. The van der Waals surface area contributed by atoms with Gasteiger partial charge in [-0.2, -0.15) is 0 Å². The molecule has 1 aliphatic heterocycles. The minimum Gasteiger partial charge on any atom is -0.480 e. The van der Waals surface area contributed by atoms with Gasteiger partial charge in [0.2, 0.25) is 0 Å². The molecule has 0 saturated carbocycles. The fraction of sp³-hybridized carbons (Fsp3) is 0.500. The van der Waals surface area contributed by atoms with Gasteiger partial charge in [0.1, 0.15) is 17.6 Å². The molecule has 2 atom stereocenters. The smallest absolute Gasteiger partial charge is 0.326 e. The van der Waals surface area contributed by atoms with E-state index in [4.69, 9.17) is 9.52 Å². The van der Waals surface area contributed by atoms with Crippen LogP contribution in [0, 0.1) is 6.92 Å². The molecule has 1 aliphatic rings. The van der Waals surface area contributed by atoms with Gasteiger partial charge >= 0.3 is 12.0 Å². The number of β-amino-alcohol motifs (C(OH)–C–C–N with tert-alkyl or cyclic N) is 1. The Morgan fingerprint density at radius 1 is 1.53 bits per heavy atom. The quantitative estimate of drug-likeness (QED) is 0.732. The fourth-order valence-electron chi connectivity index (χ4n) is 2.12. The van der Waals surface area contributed by atoms with Gasteiger partial charge in [-0.3, -0.25) is 0 Å². The Labute approximate surface area is 109 Å². The van der Waals surface area contributed by atoms with E-state index < -0.39 is 24.1 Å². The Kier molecular flexibility index (Phi) is 3.75. The lowest BCUT2D eigenvalue weighted by Crippen LogP contribution is -2.45. The lowest BCUT2D eigenvalue weighted by Gasteiger charge is -2.21. The molecule has 1 saturated heterocycles. The van der Waals surface area contributed by atoms with Gasteiger partial charge in [0.15, 0.2) is 0 Å². The summed E-state index contributed by atoms with van der Waals surface area (Å²) in [5.74, 6) is 0.224. The number of carbonyl (C=O) groups is 2. The number of amides is 2. The molecule has 0 bridgehead atoms. The molecular formula is C12H16N2O5. The van der Waals surface area contributed by atoms with Gasteiger partial charge in [-0.1, -0.05) is 0 Å². The molecule has 0 unspecified atom stereocenters. The molecule has 0 aliphatic carbocycles. The average Bonchev–Trinajstić information content (AvgIpc) is 2.92. The maximum atomic E-state index is 11.9. The molecule has 104 valence electrons. The highest BCUT2D eigenvalue weighted by molar-refractivity contribution is 5.83. The van der Waals surface area contributed by atoms with Crippen molar-refractivity contribution in [1.29, 1.82) is 0 Å². The summed E-state index contributed by atoms with van der Waals surface area (Å²) in [4.78, 5) is 24.0. The number of carboxylic acid groups (broad SMARTS) is 1. The summed E-state index contributed by atoms with van der Waals surface area (Å²) >= 11 is 0. The number of nitrogens with one attached hydrogen (secondary N) is 1.